The van der Waals surface area contributed by atoms with Crippen molar-refractivity contribution in [2.24, 2.45) is 5.41 Å². The summed E-state index contributed by atoms with van der Waals surface area (Å²) in [6.45, 7) is -1.62. The molecule has 76 valence electrons. The number of aliphatic hydroxyl groups is 4. The molecule has 12 heavy (non-hydrogen) atoms. The smallest absolute Gasteiger partial charge is 0.0710 e. The molecule has 0 saturated heterocycles. The molecule has 5 N–H and O–H groups in total. The van der Waals surface area contributed by atoms with Crippen LogP contribution in [0.5, 0.6) is 0 Å². The molecule has 0 aliphatic carbocycles. The van der Waals surface area contributed by atoms with E-state index in [9.17, 15) is 0 Å². The molecule has 0 amide bonds. The van der Waals surface area contributed by atoms with Crippen LogP contribution in [0, 0.1) is 5.41 Å². The molecule has 0 aliphatic rings. The van der Waals surface area contributed by atoms with E-state index in [1.165, 1.54) is 7.11 Å². The molecule has 0 aromatic rings. The second-order valence-electron chi connectivity index (χ2n) is 2.32. The maximum atomic E-state index is 8.50. The maximum absolute atomic E-state index is 8.50. The van der Waals surface area contributed by atoms with Crippen molar-refractivity contribution in [2.45, 2.75) is 0 Å². The zero-order chi connectivity index (χ0) is 10.0. The van der Waals surface area contributed by atoms with Crippen molar-refractivity contribution in [1.82, 2.24) is 0 Å². The molecule has 0 spiro atoms. The van der Waals surface area contributed by atoms with Crippen LogP contribution in [0.3, 0.4) is 0 Å². The van der Waals surface area contributed by atoms with Gasteiger partial charge in [0.15, 0.2) is 0 Å². The van der Waals surface area contributed by atoms with Gasteiger partial charge >= 0.3 is 0 Å². The van der Waals surface area contributed by atoms with Gasteiger partial charge in [-0.25, -0.2) is 4.89 Å². The van der Waals surface area contributed by atoms with Crippen molar-refractivity contribution >= 4 is 0 Å². The van der Waals surface area contributed by atoms with E-state index < -0.39 is 31.8 Å². The standard InChI is InChI=1S/C5H12O4.CH4O2/c6-1-5(2-7,3-8)4-9;1-3-2/h6-9H,1-4H2;2H,1H3. The lowest BCUT2D eigenvalue weighted by atomic mass is 9.93. The van der Waals surface area contributed by atoms with Crippen LogP contribution in [0.4, 0.5) is 0 Å². The van der Waals surface area contributed by atoms with Gasteiger partial charge < -0.3 is 20.4 Å². The summed E-state index contributed by atoms with van der Waals surface area (Å²) in [7, 11) is 1.18. The molecule has 0 rings (SSSR count). The van der Waals surface area contributed by atoms with E-state index in [0.29, 0.717) is 0 Å². The van der Waals surface area contributed by atoms with Crippen molar-refractivity contribution in [2.75, 3.05) is 33.5 Å². The average Bonchev–Trinajstić information content (AvgIpc) is 2.11. The van der Waals surface area contributed by atoms with Crippen LogP contribution < -0.4 is 0 Å². The largest absolute Gasteiger partial charge is 0.396 e. The summed E-state index contributed by atoms with van der Waals surface area (Å²) in [6.07, 6.45) is 0. The van der Waals surface area contributed by atoms with Crippen molar-refractivity contribution in [3.05, 3.63) is 0 Å². The molecule has 6 heteroatoms. The Hall–Kier alpha value is -0.240. The molecule has 0 atom stereocenters. The Kier molecular flexibility index (Phi) is 10.5. The van der Waals surface area contributed by atoms with Crippen LogP contribution in [0.2, 0.25) is 0 Å². The predicted molar refractivity (Wildman–Crippen MR) is 40.4 cm³/mol. The lowest BCUT2D eigenvalue weighted by Crippen LogP contribution is -2.37. The first-order chi connectivity index (χ1) is 5.66. The summed E-state index contributed by atoms with van der Waals surface area (Å²) in [6, 6.07) is 0. The van der Waals surface area contributed by atoms with E-state index in [-0.39, 0.29) is 0 Å². The van der Waals surface area contributed by atoms with Gasteiger partial charge in [0.05, 0.1) is 39.0 Å². The van der Waals surface area contributed by atoms with Crippen molar-refractivity contribution in [3.8, 4) is 0 Å². The SMILES string of the molecule is COO.OCC(CO)(CO)CO. The monoisotopic (exact) mass is 184 g/mol. The molecule has 0 aromatic carbocycles. The third kappa shape index (κ3) is 5.42. The molecule has 0 bridgehead atoms. The highest BCUT2D eigenvalue weighted by Gasteiger charge is 2.26. The molecule has 0 radical (unpaired) electrons. The Bertz CT molecular complexity index is 64.6. The van der Waals surface area contributed by atoms with Crippen molar-refractivity contribution in [3.63, 3.8) is 0 Å². The second-order valence-corrected chi connectivity index (χ2v) is 2.32. The van der Waals surface area contributed by atoms with Gasteiger partial charge in [0.1, 0.15) is 0 Å². The average molecular weight is 184 g/mol. The first-order valence-corrected chi connectivity index (χ1v) is 3.27. The van der Waals surface area contributed by atoms with Crippen LogP contribution in [0.1, 0.15) is 0 Å². The maximum Gasteiger partial charge on any atom is 0.0710 e. The summed E-state index contributed by atoms with van der Waals surface area (Å²) in [4.78, 5) is 3.25. The highest BCUT2D eigenvalue weighted by molar-refractivity contribution is 4.74. The fraction of sp³-hybridized carbons (Fsp3) is 1.00. The Morgan fingerprint density at radius 2 is 1.08 bits per heavy atom. The van der Waals surface area contributed by atoms with Crippen LogP contribution in [0.25, 0.3) is 0 Å². The van der Waals surface area contributed by atoms with Gasteiger partial charge in [-0.15, -0.1) is 0 Å². The molecule has 0 aromatic heterocycles. The Balaban J connectivity index is 0. The number of aliphatic hydroxyl groups excluding tert-OH is 4. The molecule has 0 aliphatic heterocycles. The summed E-state index contributed by atoms with van der Waals surface area (Å²) in [5.41, 5.74) is -1.11. The predicted octanol–water partition coefficient (Wildman–Crippen LogP) is -1.95. The Morgan fingerprint density at radius 3 is 1.08 bits per heavy atom. The second kappa shape index (κ2) is 8.85. The Morgan fingerprint density at radius 1 is 0.917 bits per heavy atom. The van der Waals surface area contributed by atoms with Gasteiger partial charge in [-0.2, -0.15) is 0 Å². The first kappa shape index (κ1) is 14.3. The van der Waals surface area contributed by atoms with Gasteiger partial charge in [-0.3, -0.25) is 5.26 Å². The van der Waals surface area contributed by atoms with E-state index in [1.54, 1.807) is 0 Å². The van der Waals surface area contributed by atoms with Gasteiger partial charge in [-0.05, 0) is 0 Å². The summed E-state index contributed by atoms with van der Waals surface area (Å²) >= 11 is 0. The quantitative estimate of drug-likeness (QED) is 0.256. The van der Waals surface area contributed by atoms with E-state index in [0.717, 1.165) is 0 Å². The van der Waals surface area contributed by atoms with Crippen molar-refractivity contribution < 1.29 is 30.6 Å². The lowest BCUT2D eigenvalue weighted by Gasteiger charge is -2.23. The summed E-state index contributed by atoms with van der Waals surface area (Å²) in [5, 5.41) is 41.1. The molecule has 0 fully saturated rings. The first-order valence-electron chi connectivity index (χ1n) is 3.27. The topological polar surface area (TPSA) is 110 Å². The molecule has 0 heterocycles. The zero-order valence-corrected chi connectivity index (χ0v) is 6.97. The molecular formula is C6H16O6. The molecule has 6 nitrogen and oxygen atoms in total. The number of rotatable bonds is 4. The van der Waals surface area contributed by atoms with Crippen LogP contribution in [0.15, 0.2) is 0 Å². The fourth-order valence-corrected chi connectivity index (χ4v) is 0.300. The van der Waals surface area contributed by atoms with E-state index in [4.69, 9.17) is 25.7 Å². The van der Waals surface area contributed by atoms with E-state index in [2.05, 4.69) is 4.89 Å². The number of hydrogen-bond donors (Lipinski definition) is 5. The normalized spacial score (nSPS) is 10.5. The highest BCUT2D eigenvalue weighted by Crippen LogP contribution is 2.11. The molecular weight excluding hydrogens is 168 g/mol. The lowest BCUT2D eigenvalue weighted by molar-refractivity contribution is -0.214. The van der Waals surface area contributed by atoms with Crippen LogP contribution >= 0.6 is 0 Å². The van der Waals surface area contributed by atoms with Crippen molar-refractivity contribution in [1.29, 1.82) is 0 Å². The minimum Gasteiger partial charge on any atom is -0.396 e. The van der Waals surface area contributed by atoms with Gasteiger partial charge in [0.25, 0.3) is 0 Å². The highest BCUT2D eigenvalue weighted by atomic mass is 17.1. The van der Waals surface area contributed by atoms with Gasteiger partial charge in [0.2, 0.25) is 0 Å². The van der Waals surface area contributed by atoms with E-state index >= 15 is 0 Å². The Labute approximate surface area is 70.6 Å². The number of hydrogen-bond acceptors (Lipinski definition) is 6. The zero-order valence-electron chi connectivity index (χ0n) is 6.97. The van der Waals surface area contributed by atoms with Crippen LogP contribution in [-0.4, -0.2) is 59.2 Å². The van der Waals surface area contributed by atoms with Gasteiger partial charge in [0, 0.05) is 0 Å². The summed E-state index contributed by atoms with van der Waals surface area (Å²) in [5.74, 6) is 0. The minimum absolute atomic E-state index is 0.406. The third-order valence-electron chi connectivity index (χ3n) is 1.34. The fourth-order valence-electron chi connectivity index (χ4n) is 0.300. The van der Waals surface area contributed by atoms with Gasteiger partial charge in [-0.1, -0.05) is 0 Å². The molecule has 0 unspecified atom stereocenters. The summed E-state index contributed by atoms with van der Waals surface area (Å²) < 4.78 is 0. The van der Waals surface area contributed by atoms with Crippen LogP contribution in [-0.2, 0) is 4.89 Å². The minimum atomic E-state index is -1.11. The van der Waals surface area contributed by atoms with E-state index in [1.807, 2.05) is 0 Å². The third-order valence-corrected chi connectivity index (χ3v) is 1.34. The molecule has 0 saturated carbocycles.